The highest BCUT2D eigenvalue weighted by Gasteiger charge is 2.42. The third-order valence-electron chi connectivity index (χ3n) is 4.87. The van der Waals surface area contributed by atoms with Crippen LogP contribution < -0.4 is 15.2 Å². The molecule has 0 saturated carbocycles. The molecule has 3 rings (SSSR count). The Morgan fingerprint density at radius 3 is 1.70 bits per heavy atom. The molecule has 4 nitrogen and oxygen atoms in total. The highest BCUT2D eigenvalue weighted by atomic mass is 16.5. The maximum atomic E-state index is 12.0. The number of hydrogen-bond acceptors (Lipinski definition) is 4. The first-order valence-corrected chi connectivity index (χ1v) is 8.90. The van der Waals surface area contributed by atoms with E-state index in [-0.39, 0.29) is 0 Å². The number of benzene rings is 3. The van der Waals surface area contributed by atoms with Gasteiger partial charge < -0.3 is 20.3 Å². The lowest BCUT2D eigenvalue weighted by Gasteiger charge is -2.37. The minimum atomic E-state index is -1.49. The SMILES string of the molecule is COc1ccccc1C(O)(c1ccccc1OC)C(N)Cc1ccccc1. The van der Waals surface area contributed by atoms with Crippen molar-refractivity contribution in [3.05, 3.63) is 95.6 Å². The van der Waals surface area contributed by atoms with Crippen LogP contribution in [0.5, 0.6) is 11.5 Å². The highest BCUT2D eigenvalue weighted by molar-refractivity contribution is 5.51. The number of methoxy groups -OCH3 is 2. The van der Waals surface area contributed by atoms with E-state index in [2.05, 4.69) is 0 Å². The maximum Gasteiger partial charge on any atom is 0.137 e. The number of rotatable bonds is 7. The largest absolute Gasteiger partial charge is 0.496 e. The van der Waals surface area contributed by atoms with E-state index >= 15 is 0 Å². The van der Waals surface area contributed by atoms with Crippen LogP contribution in [0, 0.1) is 0 Å². The Labute approximate surface area is 160 Å². The van der Waals surface area contributed by atoms with E-state index in [1.807, 2.05) is 78.9 Å². The molecule has 0 aliphatic rings. The summed E-state index contributed by atoms with van der Waals surface area (Å²) in [7, 11) is 3.17. The fourth-order valence-corrected chi connectivity index (χ4v) is 3.48. The molecule has 0 radical (unpaired) electrons. The minimum Gasteiger partial charge on any atom is -0.496 e. The Bertz CT molecular complexity index is 832. The quantitative estimate of drug-likeness (QED) is 0.674. The van der Waals surface area contributed by atoms with Gasteiger partial charge in [-0.2, -0.15) is 0 Å². The lowest BCUT2D eigenvalue weighted by molar-refractivity contribution is 0.0467. The third-order valence-corrected chi connectivity index (χ3v) is 4.87. The highest BCUT2D eigenvalue weighted by Crippen LogP contribution is 2.42. The molecule has 3 N–H and O–H groups in total. The summed E-state index contributed by atoms with van der Waals surface area (Å²) in [5.41, 5.74) is 7.42. The van der Waals surface area contributed by atoms with Gasteiger partial charge >= 0.3 is 0 Å². The van der Waals surface area contributed by atoms with Crippen molar-refractivity contribution in [2.75, 3.05) is 14.2 Å². The molecular weight excluding hydrogens is 338 g/mol. The first-order chi connectivity index (χ1) is 13.1. The third kappa shape index (κ3) is 3.68. The molecule has 3 aromatic carbocycles. The van der Waals surface area contributed by atoms with E-state index < -0.39 is 11.6 Å². The van der Waals surface area contributed by atoms with Crippen molar-refractivity contribution in [2.24, 2.45) is 5.73 Å². The zero-order chi connectivity index (χ0) is 19.3. The molecule has 0 aliphatic carbocycles. The number of ether oxygens (including phenoxy) is 2. The second-order valence-electron chi connectivity index (χ2n) is 6.46. The van der Waals surface area contributed by atoms with Crippen molar-refractivity contribution in [3.63, 3.8) is 0 Å². The number of para-hydroxylation sites is 2. The van der Waals surface area contributed by atoms with E-state index in [0.29, 0.717) is 29.0 Å². The van der Waals surface area contributed by atoms with Gasteiger partial charge in [-0.25, -0.2) is 0 Å². The Kier molecular flexibility index (Phi) is 5.79. The predicted molar refractivity (Wildman–Crippen MR) is 107 cm³/mol. The summed E-state index contributed by atoms with van der Waals surface area (Å²) in [6.07, 6.45) is 0.493. The van der Waals surface area contributed by atoms with E-state index in [9.17, 15) is 5.11 Å². The first kappa shape index (κ1) is 19.0. The van der Waals surface area contributed by atoms with Gasteiger partial charge in [0.2, 0.25) is 0 Å². The number of nitrogens with two attached hydrogens (primary N) is 1. The van der Waals surface area contributed by atoms with Gasteiger partial charge in [-0.1, -0.05) is 66.7 Å². The number of aliphatic hydroxyl groups is 1. The fraction of sp³-hybridized carbons (Fsp3) is 0.217. The Morgan fingerprint density at radius 2 is 1.22 bits per heavy atom. The van der Waals surface area contributed by atoms with Crippen LogP contribution in [0.4, 0.5) is 0 Å². The Morgan fingerprint density at radius 1 is 0.778 bits per heavy atom. The lowest BCUT2D eigenvalue weighted by Crippen LogP contribution is -2.48. The molecule has 0 amide bonds. The molecule has 0 fully saturated rings. The van der Waals surface area contributed by atoms with Crippen molar-refractivity contribution < 1.29 is 14.6 Å². The average Bonchev–Trinajstić information content (AvgIpc) is 2.73. The van der Waals surface area contributed by atoms with E-state index in [0.717, 1.165) is 5.56 Å². The van der Waals surface area contributed by atoms with Gasteiger partial charge in [-0.3, -0.25) is 0 Å². The summed E-state index contributed by atoms with van der Waals surface area (Å²) in [5.74, 6) is 1.16. The number of hydrogen-bond donors (Lipinski definition) is 2. The Balaban J connectivity index is 2.17. The molecule has 4 heteroatoms. The molecule has 3 aromatic rings. The van der Waals surface area contributed by atoms with Crippen LogP contribution in [0.15, 0.2) is 78.9 Å². The van der Waals surface area contributed by atoms with Gasteiger partial charge in [0.25, 0.3) is 0 Å². The first-order valence-electron chi connectivity index (χ1n) is 8.90. The molecule has 0 heterocycles. The molecule has 0 bridgehead atoms. The topological polar surface area (TPSA) is 64.7 Å². The van der Waals surface area contributed by atoms with Crippen LogP contribution in [0.25, 0.3) is 0 Å². The zero-order valence-corrected chi connectivity index (χ0v) is 15.6. The molecule has 140 valence electrons. The lowest BCUT2D eigenvalue weighted by atomic mass is 9.77. The standard InChI is InChI=1S/C23H25NO3/c1-26-20-14-8-6-12-18(20)23(25,19-13-7-9-15-21(19)27-2)22(24)16-17-10-4-3-5-11-17/h3-15,22,25H,16,24H2,1-2H3. The van der Waals surface area contributed by atoms with Gasteiger partial charge in [0.1, 0.15) is 17.1 Å². The van der Waals surface area contributed by atoms with Crippen LogP contribution >= 0.6 is 0 Å². The smallest absolute Gasteiger partial charge is 0.137 e. The maximum absolute atomic E-state index is 12.0. The Hall–Kier alpha value is -2.82. The molecule has 1 unspecified atom stereocenters. The molecule has 0 aromatic heterocycles. The van der Waals surface area contributed by atoms with Crippen LogP contribution in [0.2, 0.25) is 0 Å². The molecular formula is C23H25NO3. The second kappa shape index (κ2) is 8.25. The van der Waals surface area contributed by atoms with Gasteiger partial charge in [-0.15, -0.1) is 0 Å². The second-order valence-corrected chi connectivity index (χ2v) is 6.46. The predicted octanol–water partition coefficient (Wildman–Crippen LogP) is 3.51. The monoisotopic (exact) mass is 363 g/mol. The fourth-order valence-electron chi connectivity index (χ4n) is 3.48. The molecule has 0 aliphatic heterocycles. The summed E-state index contributed by atoms with van der Waals surface area (Å²) in [5, 5.41) is 12.0. The van der Waals surface area contributed by atoms with Gasteiger partial charge in [0.15, 0.2) is 0 Å². The average molecular weight is 363 g/mol. The van der Waals surface area contributed by atoms with E-state index in [4.69, 9.17) is 15.2 Å². The van der Waals surface area contributed by atoms with Crippen molar-refractivity contribution in [2.45, 2.75) is 18.1 Å². The van der Waals surface area contributed by atoms with E-state index in [1.54, 1.807) is 14.2 Å². The normalized spacial score (nSPS) is 12.4. The molecule has 1 atom stereocenters. The summed E-state index contributed by atoms with van der Waals surface area (Å²) in [4.78, 5) is 0. The molecule has 0 spiro atoms. The van der Waals surface area contributed by atoms with Gasteiger partial charge in [0.05, 0.1) is 14.2 Å². The van der Waals surface area contributed by atoms with Crippen LogP contribution in [0.1, 0.15) is 16.7 Å². The van der Waals surface area contributed by atoms with Crippen LogP contribution in [0.3, 0.4) is 0 Å². The van der Waals surface area contributed by atoms with Crippen molar-refractivity contribution >= 4 is 0 Å². The van der Waals surface area contributed by atoms with Crippen LogP contribution in [-0.2, 0) is 12.0 Å². The summed E-state index contributed by atoms with van der Waals surface area (Å²) in [6.45, 7) is 0. The zero-order valence-electron chi connectivity index (χ0n) is 15.6. The van der Waals surface area contributed by atoms with Crippen molar-refractivity contribution in [1.29, 1.82) is 0 Å². The van der Waals surface area contributed by atoms with Crippen LogP contribution in [-0.4, -0.2) is 25.4 Å². The minimum absolute atomic E-state index is 0.493. The molecule has 27 heavy (non-hydrogen) atoms. The van der Waals surface area contributed by atoms with E-state index in [1.165, 1.54) is 0 Å². The summed E-state index contributed by atoms with van der Waals surface area (Å²) < 4.78 is 11.1. The van der Waals surface area contributed by atoms with Gasteiger partial charge in [0, 0.05) is 17.2 Å². The van der Waals surface area contributed by atoms with Gasteiger partial charge in [-0.05, 0) is 24.1 Å². The summed E-state index contributed by atoms with van der Waals surface area (Å²) in [6, 6.07) is 24.1. The van der Waals surface area contributed by atoms with Crippen molar-refractivity contribution in [3.8, 4) is 11.5 Å². The molecule has 0 saturated heterocycles. The summed E-state index contributed by atoms with van der Waals surface area (Å²) >= 11 is 0. The van der Waals surface area contributed by atoms with Crippen molar-refractivity contribution in [1.82, 2.24) is 0 Å².